The SMILES string of the molecule is CNC(=O)c1ccc(-n2c(N[C@H](C)c3ccc4[nH]ccc4c3)nc3c(c2=O)C[C@@H](C)N(C(=O)c2ccc(Cl)c(Cl)c2)C3)cc1. The lowest BCUT2D eigenvalue weighted by atomic mass is 9.98. The van der Waals surface area contributed by atoms with E-state index in [0.29, 0.717) is 50.5 Å². The predicted octanol–water partition coefficient (Wildman–Crippen LogP) is 6.14. The molecule has 5 aromatic rings. The van der Waals surface area contributed by atoms with Crippen molar-refractivity contribution >= 4 is 51.9 Å². The normalized spacial score (nSPS) is 15.1. The van der Waals surface area contributed by atoms with Crippen LogP contribution < -0.4 is 16.2 Å². The molecule has 0 saturated heterocycles. The smallest absolute Gasteiger partial charge is 0.263 e. The van der Waals surface area contributed by atoms with Crippen molar-refractivity contribution in [3.63, 3.8) is 0 Å². The third kappa shape index (κ3) is 5.44. The van der Waals surface area contributed by atoms with Crippen LogP contribution in [0.1, 0.15) is 57.4 Å². The van der Waals surface area contributed by atoms with Gasteiger partial charge in [-0.2, -0.15) is 0 Å². The molecule has 0 radical (unpaired) electrons. The highest BCUT2D eigenvalue weighted by atomic mass is 35.5. The fourth-order valence-corrected chi connectivity index (χ4v) is 5.88. The van der Waals surface area contributed by atoms with Crippen molar-refractivity contribution in [3.8, 4) is 5.69 Å². The standard InChI is InChI=1S/C33H30Cl2N6O3/c1-18-14-25-29(17-40(18)31(43)23-6-10-26(34)27(35)16-23)39-33(38-19(2)21-7-11-28-22(15-21)12-13-37-28)41(32(25)44)24-8-4-20(5-9-24)30(42)36-3/h4-13,15-16,18-19,37H,14,17H2,1-3H3,(H,36,42)(H,38,39)/t18-,19-/m1/s1. The highest BCUT2D eigenvalue weighted by Crippen LogP contribution is 2.29. The minimum atomic E-state index is -0.270. The van der Waals surface area contributed by atoms with E-state index in [1.54, 1.807) is 59.0 Å². The van der Waals surface area contributed by atoms with Gasteiger partial charge >= 0.3 is 0 Å². The van der Waals surface area contributed by atoms with Crippen LogP contribution in [0.2, 0.25) is 10.0 Å². The minimum Gasteiger partial charge on any atom is -0.361 e. The third-order valence-electron chi connectivity index (χ3n) is 8.08. The maximum Gasteiger partial charge on any atom is 0.263 e. The zero-order chi connectivity index (χ0) is 31.1. The number of carbonyl (C=O) groups is 2. The Balaban J connectivity index is 1.41. The number of carbonyl (C=O) groups excluding carboxylic acids is 2. The van der Waals surface area contributed by atoms with Gasteiger partial charge in [-0.25, -0.2) is 9.55 Å². The molecule has 0 spiro atoms. The highest BCUT2D eigenvalue weighted by Gasteiger charge is 2.32. The van der Waals surface area contributed by atoms with Gasteiger partial charge < -0.3 is 20.5 Å². The third-order valence-corrected chi connectivity index (χ3v) is 8.82. The van der Waals surface area contributed by atoms with Gasteiger partial charge in [-0.05, 0) is 91.9 Å². The lowest BCUT2D eigenvalue weighted by molar-refractivity contribution is 0.0653. The molecule has 2 atom stereocenters. The van der Waals surface area contributed by atoms with E-state index in [-0.39, 0.29) is 36.0 Å². The number of H-pyrrole nitrogens is 1. The van der Waals surface area contributed by atoms with Crippen molar-refractivity contribution in [1.82, 2.24) is 24.8 Å². The molecule has 0 bridgehead atoms. The van der Waals surface area contributed by atoms with E-state index in [1.807, 2.05) is 38.2 Å². The van der Waals surface area contributed by atoms with Crippen molar-refractivity contribution in [3.05, 3.63) is 121 Å². The molecule has 44 heavy (non-hydrogen) atoms. The van der Waals surface area contributed by atoms with Gasteiger partial charge in [0, 0.05) is 41.5 Å². The molecular weight excluding hydrogens is 599 g/mol. The van der Waals surface area contributed by atoms with Gasteiger partial charge in [0.25, 0.3) is 17.4 Å². The predicted molar refractivity (Wildman–Crippen MR) is 173 cm³/mol. The zero-order valence-electron chi connectivity index (χ0n) is 24.3. The number of fused-ring (bicyclic) bond motifs is 2. The summed E-state index contributed by atoms with van der Waals surface area (Å²) in [6.07, 6.45) is 2.22. The summed E-state index contributed by atoms with van der Waals surface area (Å²) in [6.45, 7) is 4.06. The van der Waals surface area contributed by atoms with Crippen LogP contribution in [0, 0.1) is 0 Å². The Hall–Kier alpha value is -4.60. The summed E-state index contributed by atoms with van der Waals surface area (Å²) < 4.78 is 1.54. The van der Waals surface area contributed by atoms with Gasteiger partial charge in [-0.15, -0.1) is 0 Å². The number of anilines is 1. The van der Waals surface area contributed by atoms with Gasteiger partial charge in [0.15, 0.2) is 0 Å². The molecule has 2 aromatic heterocycles. The van der Waals surface area contributed by atoms with Gasteiger partial charge in [0.05, 0.1) is 34.0 Å². The monoisotopic (exact) mass is 628 g/mol. The lowest BCUT2D eigenvalue weighted by Crippen LogP contribution is -2.46. The largest absolute Gasteiger partial charge is 0.361 e. The summed E-state index contributed by atoms with van der Waals surface area (Å²) in [6, 6.07) is 19.2. The molecule has 3 aromatic carbocycles. The van der Waals surface area contributed by atoms with Crippen LogP contribution >= 0.6 is 23.2 Å². The number of aromatic nitrogens is 3. The second-order valence-corrected chi connectivity index (χ2v) is 11.7. The van der Waals surface area contributed by atoms with E-state index in [4.69, 9.17) is 28.2 Å². The molecule has 0 saturated carbocycles. The number of halogens is 2. The first-order valence-electron chi connectivity index (χ1n) is 14.2. The molecule has 1 aliphatic rings. The molecule has 3 N–H and O–H groups in total. The fourth-order valence-electron chi connectivity index (χ4n) is 5.59. The molecular formula is C33H30Cl2N6O3. The van der Waals surface area contributed by atoms with E-state index in [2.05, 4.69) is 21.7 Å². The summed E-state index contributed by atoms with van der Waals surface area (Å²) in [5.41, 5.74) is 4.32. The lowest BCUT2D eigenvalue weighted by Gasteiger charge is -2.35. The Morgan fingerprint density at radius 2 is 1.75 bits per heavy atom. The average Bonchev–Trinajstić information content (AvgIpc) is 3.50. The summed E-state index contributed by atoms with van der Waals surface area (Å²) in [5.74, 6) is -0.111. The van der Waals surface area contributed by atoms with E-state index in [9.17, 15) is 14.4 Å². The Kier molecular flexibility index (Phi) is 7.92. The van der Waals surface area contributed by atoms with Crippen LogP contribution in [0.3, 0.4) is 0 Å². The van der Waals surface area contributed by atoms with Crippen LogP contribution in [-0.2, 0) is 13.0 Å². The second-order valence-electron chi connectivity index (χ2n) is 10.9. The Morgan fingerprint density at radius 3 is 2.48 bits per heavy atom. The van der Waals surface area contributed by atoms with Gasteiger partial charge in [0.2, 0.25) is 5.95 Å². The van der Waals surface area contributed by atoms with Crippen molar-refractivity contribution in [2.45, 2.75) is 38.9 Å². The summed E-state index contributed by atoms with van der Waals surface area (Å²) >= 11 is 12.3. The molecule has 2 amide bonds. The number of nitrogens with zero attached hydrogens (tertiary/aromatic N) is 3. The average molecular weight is 630 g/mol. The molecule has 0 fully saturated rings. The molecule has 224 valence electrons. The number of hydrogen-bond donors (Lipinski definition) is 3. The van der Waals surface area contributed by atoms with Crippen LogP contribution in [0.15, 0.2) is 77.7 Å². The molecule has 9 nitrogen and oxygen atoms in total. The van der Waals surface area contributed by atoms with Gasteiger partial charge in [-0.1, -0.05) is 29.3 Å². The van der Waals surface area contributed by atoms with Crippen molar-refractivity contribution in [2.24, 2.45) is 0 Å². The number of benzene rings is 3. The number of hydrogen-bond acceptors (Lipinski definition) is 5. The summed E-state index contributed by atoms with van der Waals surface area (Å²) in [4.78, 5) is 49.8. The van der Waals surface area contributed by atoms with Crippen LogP contribution in [0.5, 0.6) is 0 Å². The summed E-state index contributed by atoms with van der Waals surface area (Å²) in [5, 5.41) is 7.80. The summed E-state index contributed by atoms with van der Waals surface area (Å²) in [7, 11) is 1.57. The van der Waals surface area contributed by atoms with Crippen LogP contribution in [-0.4, -0.2) is 44.3 Å². The maximum absolute atomic E-state index is 14.2. The number of amides is 2. The minimum absolute atomic E-state index is 0.152. The number of nitrogens with one attached hydrogen (secondary N) is 3. The first kappa shape index (κ1) is 29.5. The van der Waals surface area contributed by atoms with Crippen molar-refractivity contribution < 1.29 is 9.59 Å². The van der Waals surface area contributed by atoms with Gasteiger partial charge in [-0.3, -0.25) is 14.4 Å². The van der Waals surface area contributed by atoms with Crippen molar-refractivity contribution in [2.75, 3.05) is 12.4 Å². The van der Waals surface area contributed by atoms with E-state index >= 15 is 0 Å². The first-order valence-corrected chi connectivity index (χ1v) is 15.0. The zero-order valence-corrected chi connectivity index (χ0v) is 25.8. The molecule has 6 rings (SSSR count). The molecule has 11 heteroatoms. The highest BCUT2D eigenvalue weighted by molar-refractivity contribution is 6.42. The Bertz CT molecular complexity index is 1970. The fraction of sp³-hybridized carbons (Fsp3) is 0.212. The number of rotatable bonds is 6. The Morgan fingerprint density at radius 1 is 1.00 bits per heavy atom. The quantitative estimate of drug-likeness (QED) is 0.209. The van der Waals surface area contributed by atoms with Crippen molar-refractivity contribution in [1.29, 1.82) is 0 Å². The molecule has 1 aliphatic heterocycles. The first-order chi connectivity index (χ1) is 21.1. The molecule has 3 heterocycles. The number of aromatic amines is 1. The molecule has 0 aliphatic carbocycles. The topological polar surface area (TPSA) is 112 Å². The Labute approximate surface area is 263 Å². The van der Waals surface area contributed by atoms with E-state index < -0.39 is 0 Å². The molecule has 0 unspecified atom stereocenters. The van der Waals surface area contributed by atoms with Gasteiger partial charge in [0.1, 0.15) is 0 Å². The van der Waals surface area contributed by atoms with E-state index in [1.165, 1.54) is 0 Å². The van der Waals surface area contributed by atoms with Crippen LogP contribution in [0.4, 0.5) is 5.95 Å². The maximum atomic E-state index is 14.2. The second kappa shape index (κ2) is 11.8. The van der Waals surface area contributed by atoms with Crippen LogP contribution in [0.25, 0.3) is 16.6 Å². The van der Waals surface area contributed by atoms with E-state index in [0.717, 1.165) is 16.5 Å².